The van der Waals surface area contributed by atoms with E-state index in [1.54, 1.807) is 17.0 Å². The second-order valence-electron chi connectivity index (χ2n) is 8.15. The fraction of sp³-hybridized carbons (Fsp3) is 0.619. The number of hydrogen-bond acceptors (Lipinski definition) is 4. The summed E-state index contributed by atoms with van der Waals surface area (Å²) in [6.45, 7) is 4.20. The van der Waals surface area contributed by atoms with Crippen LogP contribution in [0.5, 0.6) is 0 Å². The molecule has 152 valence electrons. The van der Waals surface area contributed by atoms with Gasteiger partial charge in [-0.3, -0.25) is 14.5 Å². The molecule has 3 fully saturated rings. The molecular weight excluding hydrogens is 361 g/mol. The van der Waals surface area contributed by atoms with Crippen LogP contribution in [0.3, 0.4) is 0 Å². The number of ether oxygens (including phenoxy) is 1. The van der Waals surface area contributed by atoms with E-state index in [4.69, 9.17) is 4.74 Å². The van der Waals surface area contributed by atoms with Crippen LogP contribution in [-0.4, -0.2) is 73.1 Å². The third kappa shape index (κ3) is 4.20. The van der Waals surface area contributed by atoms with Crippen molar-refractivity contribution in [2.45, 2.75) is 37.7 Å². The maximum absolute atomic E-state index is 13.6. The van der Waals surface area contributed by atoms with Crippen molar-refractivity contribution < 1.29 is 18.7 Å². The van der Waals surface area contributed by atoms with Crippen molar-refractivity contribution in [3.63, 3.8) is 0 Å². The summed E-state index contributed by atoms with van der Waals surface area (Å²) >= 11 is 0. The average Bonchev–Trinajstić information content (AvgIpc) is 2.71. The molecule has 0 bridgehead atoms. The Morgan fingerprint density at radius 1 is 1.11 bits per heavy atom. The van der Waals surface area contributed by atoms with Gasteiger partial charge in [0, 0.05) is 18.8 Å². The fourth-order valence-corrected chi connectivity index (χ4v) is 4.47. The standard InChI is InChI=1S/C21H28FN3O3/c22-17-5-4-6-18(13-17)25-16-21(28-15-20(25)27)7-11-24(12-8-21)19(26)14-23-9-2-1-3-10-23/h4-6,13H,1-3,7-12,14-16H2. The number of hydrogen-bond donors (Lipinski definition) is 0. The highest BCUT2D eigenvalue weighted by atomic mass is 19.1. The van der Waals surface area contributed by atoms with E-state index in [1.807, 2.05) is 4.90 Å². The van der Waals surface area contributed by atoms with Gasteiger partial charge < -0.3 is 14.5 Å². The molecule has 28 heavy (non-hydrogen) atoms. The van der Waals surface area contributed by atoms with Gasteiger partial charge in [-0.15, -0.1) is 0 Å². The number of anilines is 1. The van der Waals surface area contributed by atoms with Gasteiger partial charge in [0.05, 0.1) is 18.7 Å². The normalized spacial score (nSPS) is 23.2. The number of nitrogens with zero attached hydrogens (tertiary/aromatic N) is 3. The molecule has 0 radical (unpaired) electrons. The van der Waals surface area contributed by atoms with Gasteiger partial charge >= 0.3 is 0 Å². The number of carbonyl (C=O) groups excluding carboxylic acids is 2. The highest BCUT2D eigenvalue weighted by molar-refractivity contribution is 5.95. The monoisotopic (exact) mass is 389 g/mol. The van der Waals surface area contributed by atoms with Crippen molar-refractivity contribution >= 4 is 17.5 Å². The average molecular weight is 389 g/mol. The van der Waals surface area contributed by atoms with E-state index in [0.717, 1.165) is 13.1 Å². The lowest BCUT2D eigenvalue weighted by Crippen LogP contribution is -2.60. The van der Waals surface area contributed by atoms with Gasteiger partial charge in [0.2, 0.25) is 5.91 Å². The van der Waals surface area contributed by atoms with Gasteiger partial charge in [-0.2, -0.15) is 0 Å². The maximum Gasteiger partial charge on any atom is 0.253 e. The van der Waals surface area contributed by atoms with Crippen molar-refractivity contribution in [2.24, 2.45) is 0 Å². The molecule has 1 spiro atoms. The molecule has 1 aromatic carbocycles. The molecular formula is C21H28FN3O3. The van der Waals surface area contributed by atoms with E-state index < -0.39 is 5.60 Å². The van der Waals surface area contributed by atoms with Gasteiger partial charge in [0.15, 0.2) is 0 Å². The van der Waals surface area contributed by atoms with Crippen LogP contribution < -0.4 is 4.90 Å². The van der Waals surface area contributed by atoms with Gasteiger partial charge in [0.1, 0.15) is 12.4 Å². The van der Waals surface area contributed by atoms with E-state index in [-0.39, 0.29) is 24.2 Å². The van der Waals surface area contributed by atoms with Crippen molar-refractivity contribution in [1.29, 1.82) is 0 Å². The lowest BCUT2D eigenvalue weighted by atomic mass is 9.89. The molecule has 3 aliphatic rings. The number of piperidine rings is 2. The molecule has 3 heterocycles. The third-order valence-electron chi connectivity index (χ3n) is 6.20. The second-order valence-corrected chi connectivity index (χ2v) is 8.15. The zero-order chi connectivity index (χ0) is 19.6. The third-order valence-corrected chi connectivity index (χ3v) is 6.20. The molecule has 2 amide bonds. The first-order valence-electron chi connectivity index (χ1n) is 10.2. The van der Waals surface area contributed by atoms with Crippen molar-refractivity contribution in [3.8, 4) is 0 Å². The second kappa shape index (κ2) is 8.17. The predicted octanol–water partition coefficient (Wildman–Crippen LogP) is 2.04. The SMILES string of the molecule is O=C(CN1CCCCC1)N1CCC2(CC1)CN(c1cccc(F)c1)C(=O)CO2. The van der Waals surface area contributed by atoms with Crippen LogP contribution in [0.2, 0.25) is 0 Å². The van der Waals surface area contributed by atoms with Crippen molar-refractivity contribution in [1.82, 2.24) is 9.80 Å². The molecule has 4 rings (SSSR count). The van der Waals surface area contributed by atoms with E-state index >= 15 is 0 Å². The zero-order valence-corrected chi connectivity index (χ0v) is 16.2. The molecule has 0 N–H and O–H groups in total. The Morgan fingerprint density at radius 2 is 1.86 bits per heavy atom. The Labute approximate surface area is 165 Å². The minimum absolute atomic E-state index is 0.00175. The molecule has 0 atom stereocenters. The molecule has 1 aromatic rings. The molecule has 7 heteroatoms. The summed E-state index contributed by atoms with van der Waals surface area (Å²) in [4.78, 5) is 30.8. The topological polar surface area (TPSA) is 53.1 Å². The zero-order valence-electron chi connectivity index (χ0n) is 16.2. The number of likely N-dealkylation sites (tertiary alicyclic amines) is 2. The Kier molecular flexibility index (Phi) is 5.64. The molecule has 0 unspecified atom stereocenters. The minimum Gasteiger partial charge on any atom is -0.363 e. The lowest BCUT2D eigenvalue weighted by Gasteiger charge is -2.47. The summed E-state index contributed by atoms with van der Waals surface area (Å²) in [5.74, 6) is -0.325. The fourth-order valence-electron chi connectivity index (χ4n) is 4.47. The maximum atomic E-state index is 13.6. The van der Waals surface area contributed by atoms with Crippen LogP contribution in [0, 0.1) is 5.82 Å². The summed E-state index contributed by atoms with van der Waals surface area (Å²) in [7, 11) is 0. The van der Waals surface area contributed by atoms with Crippen molar-refractivity contribution in [2.75, 3.05) is 50.8 Å². The van der Waals surface area contributed by atoms with Crippen LogP contribution in [0.4, 0.5) is 10.1 Å². The van der Waals surface area contributed by atoms with Crippen LogP contribution in [-0.2, 0) is 14.3 Å². The molecule has 6 nitrogen and oxygen atoms in total. The first kappa shape index (κ1) is 19.3. The van der Waals surface area contributed by atoms with Crippen molar-refractivity contribution in [3.05, 3.63) is 30.1 Å². The summed E-state index contributed by atoms with van der Waals surface area (Å²) in [5, 5.41) is 0. The number of halogens is 1. The summed E-state index contributed by atoms with van der Waals surface area (Å²) in [6, 6.07) is 6.12. The molecule has 0 aliphatic carbocycles. The lowest BCUT2D eigenvalue weighted by molar-refractivity contribution is -0.151. The smallest absolute Gasteiger partial charge is 0.253 e. The number of morpholine rings is 1. The number of carbonyl (C=O) groups is 2. The van der Waals surface area contributed by atoms with Crippen LogP contribution in [0.1, 0.15) is 32.1 Å². The largest absolute Gasteiger partial charge is 0.363 e. The molecule has 0 aromatic heterocycles. The van der Waals surface area contributed by atoms with Crippen LogP contribution in [0.15, 0.2) is 24.3 Å². The summed E-state index contributed by atoms with van der Waals surface area (Å²) < 4.78 is 19.5. The summed E-state index contributed by atoms with van der Waals surface area (Å²) in [5.41, 5.74) is 0.110. The Hall–Kier alpha value is -1.99. The highest BCUT2D eigenvalue weighted by Gasteiger charge is 2.43. The van der Waals surface area contributed by atoms with Gasteiger partial charge in [-0.1, -0.05) is 12.5 Å². The first-order valence-corrected chi connectivity index (χ1v) is 10.2. The van der Waals surface area contributed by atoms with E-state index in [1.165, 1.54) is 31.4 Å². The van der Waals surface area contributed by atoms with Gasteiger partial charge in [0.25, 0.3) is 5.91 Å². The summed E-state index contributed by atoms with van der Waals surface area (Å²) in [6.07, 6.45) is 4.99. The van der Waals surface area contributed by atoms with Gasteiger partial charge in [-0.05, 0) is 57.0 Å². The van der Waals surface area contributed by atoms with E-state index in [2.05, 4.69) is 4.90 Å². The van der Waals surface area contributed by atoms with E-state index in [9.17, 15) is 14.0 Å². The first-order chi connectivity index (χ1) is 13.5. The van der Waals surface area contributed by atoms with Crippen LogP contribution in [0.25, 0.3) is 0 Å². The highest BCUT2D eigenvalue weighted by Crippen LogP contribution is 2.33. The Balaban J connectivity index is 1.36. The van der Waals surface area contributed by atoms with Crippen LogP contribution >= 0.6 is 0 Å². The predicted molar refractivity (Wildman–Crippen MR) is 104 cm³/mol. The van der Waals surface area contributed by atoms with Gasteiger partial charge in [-0.25, -0.2) is 4.39 Å². The minimum atomic E-state index is -0.456. The number of rotatable bonds is 3. The molecule has 0 saturated carbocycles. The molecule has 3 saturated heterocycles. The number of benzene rings is 1. The Bertz CT molecular complexity index is 727. The number of amides is 2. The quantitative estimate of drug-likeness (QED) is 0.794. The van der Waals surface area contributed by atoms with E-state index in [0.29, 0.717) is 44.7 Å². The Morgan fingerprint density at radius 3 is 2.57 bits per heavy atom. The molecule has 3 aliphatic heterocycles.